The van der Waals surface area contributed by atoms with Crippen LogP contribution in [-0.4, -0.2) is 14.5 Å². The molecule has 0 saturated heterocycles. The van der Waals surface area contributed by atoms with Crippen LogP contribution in [0, 0.1) is 0 Å². The van der Waals surface area contributed by atoms with Crippen LogP contribution in [0.15, 0.2) is 53.4 Å². The largest absolute Gasteiger partial charge is 0.382 e. The van der Waals surface area contributed by atoms with E-state index in [1.54, 1.807) is 12.1 Å². The summed E-state index contributed by atoms with van der Waals surface area (Å²) < 4.78 is 22.4. The zero-order chi connectivity index (χ0) is 14.2. The average molecular weight is 288 g/mol. The van der Waals surface area contributed by atoms with Gasteiger partial charge in [-0.2, -0.15) is 0 Å². The molecule has 0 aromatic heterocycles. The van der Waals surface area contributed by atoms with Gasteiger partial charge in [0.05, 0.1) is 4.90 Å². The second-order valence-corrected chi connectivity index (χ2v) is 6.65. The van der Waals surface area contributed by atoms with E-state index in [-0.39, 0.29) is 4.90 Å². The number of nitrogens with one attached hydrogen (secondary N) is 1. The quantitative estimate of drug-likeness (QED) is 0.906. The van der Waals surface area contributed by atoms with Gasteiger partial charge in [-0.25, -0.2) is 13.6 Å². The molecule has 20 heavy (non-hydrogen) atoms. The highest BCUT2D eigenvalue weighted by atomic mass is 32.2. The molecule has 1 aliphatic rings. The Morgan fingerprint density at radius 3 is 2.00 bits per heavy atom. The number of primary sulfonamides is 1. The van der Waals surface area contributed by atoms with Crippen molar-refractivity contribution in [1.82, 2.24) is 0 Å². The first kappa shape index (κ1) is 13.1. The average Bonchev–Trinajstić information content (AvgIpc) is 2.80. The Hall–Kier alpha value is -1.85. The predicted molar refractivity (Wildman–Crippen MR) is 79.1 cm³/mol. The molecular weight excluding hydrogens is 272 g/mol. The van der Waals surface area contributed by atoms with E-state index in [4.69, 9.17) is 5.14 Å². The molecule has 0 spiro atoms. The molecule has 0 heterocycles. The second-order valence-electron chi connectivity index (χ2n) is 5.09. The highest BCUT2D eigenvalue weighted by molar-refractivity contribution is 7.89. The maximum absolute atomic E-state index is 11.2. The van der Waals surface area contributed by atoms with E-state index in [2.05, 4.69) is 29.6 Å². The molecule has 104 valence electrons. The summed E-state index contributed by atoms with van der Waals surface area (Å²) >= 11 is 0. The van der Waals surface area contributed by atoms with Crippen molar-refractivity contribution < 1.29 is 8.42 Å². The van der Waals surface area contributed by atoms with Gasteiger partial charge in [0.25, 0.3) is 0 Å². The number of benzene rings is 2. The summed E-state index contributed by atoms with van der Waals surface area (Å²) in [5, 5.41) is 8.51. The van der Waals surface area contributed by atoms with E-state index < -0.39 is 10.0 Å². The number of rotatable bonds is 3. The van der Waals surface area contributed by atoms with Crippen molar-refractivity contribution in [2.45, 2.75) is 23.8 Å². The summed E-state index contributed by atoms with van der Waals surface area (Å²) in [4.78, 5) is 0.137. The topological polar surface area (TPSA) is 72.2 Å². The summed E-state index contributed by atoms with van der Waals surface area (Å²) in [7, 11) is -3.62. The van der Waals surface area contributed by atoms with Crippen molar-refractivity contribution in [3.63, 3.8) is 0 Å². The Balaban J connectivity index is 1.71. The van der Waals surface area contributed by atoms with Crippen LogP contribution >= 0.6 is 0 Å². The van der Waals surface area contributed by atoms with Crippen molar-refractivity contribution in [3.8, 4) is 0 Å². The first-order valence-electron chi connectivity index (χ1n) is 6.48. The smallest absolute Gasteiger partial charge is 0.238 e. The molecule has 0 fully saturated rings. The van der Waals surface area contributed by atoms with Gasteiger partial charge in [-0.15, -0.1) is 0 Å². The fourth-order valence-corrected chi connectivity index (χ4v) is 3.15. The summed E-state index contributed by atoms with van der Waals surface area (Å²) in [6.45, 7) is 0. The maximum atomic E-state index is 11.2. The van der Waals surface area contributed by atoms with Gasteiger partial charge >= 0.3 is 0 Å². The molecule has 0 unspecified atom stereocenters. The molecule has 0 bridgehead atoms. The van der Waals surface area contributed by atoms with Gasteiger partial charge in [-0.05, 0) is 48.2 Å². The molecular formula is C15H16N2O2S. The zero-order valence-electron chi connectivity index (χ0n) is 10.9. The minimum absolute atomic E-state index is 0.137. The van der Waals surface area contributed by atoms with E-state index in [1.165, 1.54) is 23.3 Å². The zero-order valence-corrected chi connectivity index (χ0v) is 11.7. The lowest BCUT2D eigenvalue weighted by molar-refractivity contribution is 0.598. The van der Waals surface area contributed by atoms with Crippen molar-refractivity contribution >= 4 is 15.7 Å². The SMILES string of the molecule is NS(=O)(=O)c1ccc(NC2Cc3ccccc3C2)cc1. The van der Waals surface area contributed by atoms with Crippen LogP contribution in [0.3, 0.4) is 0 Å². The van der Waals surface area contributed by atoms with Crippen LogP contribution in [0.2, 0.25) is 0 Å². The first-order chi connectivity index (χ1) is 9.52. The van der Waals surface area contributed by atoms with Crippen molar-refractivity contribution in [2.75, 3.05) is 5.32 Å². The molecule has 4 nitrogen and oxygen atoms in total. The van der Waals surface area contributed by atoms with E-state index in [1.807, 2.05) is 0 Å². The predicted octanol–water partition coefficient (Wildman–Crippen LogP) is 1.91. The Bertz CT molecular complexity index is 699. The lowest BCUT2D eigenvalue weighted by Gasteiger charge is -2.13. The van der Waals surface area contributed by atoms with Gasteiger partial charge in [0.2, 0.25) is 10.0 Å². The number of hydrogen-bond acceptors (Lipinski definition) is 3. The fourth-order valence-electron chi connectivity index (χ4n) is 2.64. The molecule has 2 aromatic rings. The molecule has 1 aliphatic carbocycles. The maximum Gasteiger partial charge on any atom is 0.238 e. The lowest BCUT2D eigenvalue weighted by atomic mass is 10.1. The molecule has 0 amide bonds. The van der Waals surface area contributed by atoms with E-state index in [9.17, 15) is 8.42 Å². The van der Waals surface area contributed by atoms with Gasteiger partial charge < -0.3 is 5.32 Å². The third-order valence-corrected chi connectivity index (χ3v) is 4.53. The van der Waals surface area contributed by atoms with Gasteiger partial charge in [-0.1, -0.05) is 24.3 Å². The minimum atomic E-state index is -3.62. The first-order valence-corrected chi connectivity index (χ1v) is 8.03. The Kier molecular flexibility index (Phi) is 3.23. The third kappa shape index (κ3) is 2.69. The number of hydrogen-bond donors (Lipinski definition) is 2. The number of anilines is 1. The molecule has 0 atom stereocenters. The summed E-state index contributed by atoms with van der Waals surface area (Å²) in [5.41, 5.74) is 3.67. The van der Waals surface area contributed by atoms with Gasteiger partial charge in [-0.3, -0.25) is 0 Å². The van der Waals surface area contributed by atoms with Crippen molar-refractivity contribution in [1.29, 1.82) is 0 Å². The van der Waals surface area contributed by atoms with Gasteiger partial charge in [0.1, 0.15) is 0 Å². The molecule has 0 aliphatic heterocycles. The minimum Gasteiger partial charge on any atom is -0.382 e. The molecule has 3 rings (SSSR count). The van der Waals surface area contributed by atoms with Crippen LogP contribution in [0.25, 0.3) is 0 Å². The van der Waals surface area contributed by atoms with Crippen LogP contribution in [0.1, 0.15) is 11.1 Å². The molecule has 0 saturated carbocycles. The van der Waals surface area contributed by atoms with E-state index >= 15 is 0 Å². The molecule has 2 aromatic carbocycles. The van der Waals surface area contributed by atoms with Gasteiger partial charge in [0, 0.05) is 11.7 Å². The summed E-state index contributed by atoms with van der Waals surface area (Å²) in [6, 6.07) is 15.3. The summed E-state index contributed by atoms with van der Waals surface area (Å²) in [6.07, 6.45) is 1.99. The molecule has 5 heteroatoms. The Morgan fingerprint density at radius 2 is 1.50 bits per heavy atom. The lowest BCUT2D eigenvalue weighted by Crippen LogP contribution is -2.19. The number of sulfonamides is 1. The van der Waals surface area contributed by atoms with Crippen molar-refractivity contribution in [3.05, 3.63) is 59.7 Å². The fraction of sp³-hybridized carbons (Fsp3) is 0.200. The highest BCUT2D eigenvalue weighted by Crippen LogP contribution is 2.24. The van der Waals surface area contributed by atoms with E-state index in [0.717, 1.165) is 18.5 Å². The normalized spacial score (nSPS) is 15.1. The van der Waals surface area contributed by atoms with Crippen molar-refractivity contribution in [2.24, 2.45) is 5.14 Å². The monoisotopic (exact) mass is 288 g/mol. The van der Waals surface area contributed by atoms with Gasteiger partial charge in [0.15, 0.2) is 0 Å². The van der Waals surface area contributed by atoms with Crippen LogP contribution in [0.5, 0.6) is 0 Å². The highest BCUT2D eigenvalue weighted by Gasteiger charge is 2.20. The third-order valence-electron chi connectivity index (χ3n) is 3.60. The molecule has 3 N–H and O–H groups in total. The Labute approximate surface area is 118 Å². The standard InChI is InChI=1S/C15H16N2O2S/c16-20(18,19)15-7-5-13(6-8-15)17-14-9-11-3-1-2-4-12(11)10-14/h1-8,14,17H,9-10H2,(H2,16,18,19). The number of fused-ring (bicyclic) bond motifs is 1. The van der Waals surface area contributed by atoms with Crippen LogP contribution in [-0.2, 0) is 22.9 Å². The molecule has 0 radical (unpaired) electrons. The van der Waals surface area contributed by atoms with E-state index in [0.29, 0.717) is 6.04 Å². The van der Waals surface area contributed by atoms with Crippen LogP contribution in [0.4, 0.5) is 5.69 Å². The number of nitrogens with two attached hydrogens (primary N) is 1. The summed E-state index contributed by atoms with van der Waals surface area (Å²) in [5.74, 6) is 0. The second kappa shape index (κ2) is 4.92. The Morgan fingerprint density at radius 1 is 0.950 bits per heavy atom. The van der Waals surface area contributed by atoms with Crippen LogP contribution < -0.4 is 10.5 Å².